The third-order valence-electron chi connectivity index (χ3n) is 3.24. The number of anilines is 1. The number of nitrogens with zero attached hydrogens (tertiary/aromatic N) is 3. The van der Waals surface area contributed by atoms with Crippen LogP contribution in [0.15, 0.2) is 28.2 Å². The third kappa shape index (κ3) is 1.92. The van der Waals surface area contributed by atoms with E-state index in [1.165, 1.54) is 6.07 Å². The van der Waals surface area contributed by atoms with Crippen molar-refractivity contribution < 1.29 is 4.39 Å². The van der Waals surface area contributed by atoms with Crippen molar-refractivity contribution in [1.82, 2.24) is 14.5 Å². The first-order valence-electron chi connectivity index (χ1n) is 5.94. The van der Waals surface area contributed by atoms with Gasteiger partial charge in [-0.15, -0.1) is 11.3 Å². The molecule has 0 aliphatic rings. The fourth-order valence-electron chi connectivity index (χ4n) is 2.30. The van der Waals surface area contributed by atoms with E-state index < -0.39 is 5.54 Å². The maximum absolute atomic E-state index is 13.6. The van der Waals surface area contributed by atoms with E-state index in [0.29, 0.717) is 15.9 Å². The van der Waals surface area contributed by atoms with E-state index in [1.54, 1.807) is 23.6 Å². The fraction of sp³-hybridized carbons (Fsp3) is 0.231. The molecule has 4 nitrogen and oxygen atoms in total. The van der Waals surface area contributed by atoms with Crippen LogP contribution in [0, 0.1) is 5.82 Å². The monoisotopic (exact) mass is 354 g/mol. The van der Waals surface area contributed by atoms with Crippen LogP contribution in [-0.4, -0.2) is 14.5 Å². The Kier molecular flexibility index (Phi) is 3.06. The lowest BCUT2D eigenvalue weighted by Gasteiger charge is -2.26. The standard InChI is InChI=1S/C13H12BrFN4S/c1-13(2,11-17-3-4-20-11)19-10-5-7(14)8(15)6-9(10)18-12(19)16/h3-6H,1-2H3,(H2,16,18). The van der Waals surface area contributed by atoms with Gasteiger partial charge in [-0.3, -0.25) is 4.57 Å². The van der Waals surface area contributed by atoms with Crippen LogP contribution in [0.5, 0.6) is 0 Å². The van der Waals surface area contributed by atoms with Gasteiger partial charge < -0.3 is 5.73 Å². The number of imidazole rings is 1. The molecule has 0 saturated heterocycles. The average molecular weight is 355 g/mol. The summed E-state index contributed by atoms with van der Waals surface area (Å²) in [6.45, 7) is 4.03. The molecule has 2 heterocycles. The van der Waals surface area contributed by atoms with Crippen LogP contribution in [0.1, 0.15) is 18.9 Å². The van der Waals surface area contributed by atoms with Crippen LogP contribution in [-0.2, 0) is 5.54 Å². The number of fused-ring (bicyclic) bond motifs is 1. The molecule has 2 aromatic heterocycles. The lowest BCUT2D eigenvalue weighted by atomic mass is 10.1. The zero-order valence-corrected chi connectivity index (χ0v) is 13.3. The lowest BCUT2D eigenvalue weighted by molar-refractivity contribution is 0.452. The third-order valence-corrected chi connectivity index (χ3v) is 4.93. The summed E-state index contributed by atoms with van der Waals surface area (Å²) in [6.07, 6.45) is 1.76. The highest BCUT2D eigenvalue weighted by Crippen LogP contribution is 2.35. The van der Waals surface area contributed by atoms with Gasteiger partial charge >= 0.3 is 0 Å². The molecule has 0 radical (unpaired) electrons. The molecule has 2 N–H and O–H groups in total. The van der Waals surface area contributed by atoms with Gasteiger partial charge in [0.25, 0.3) is 0 Å². The normalized spacial score (nSPS) is 12.2. The van der Waals surface area contributed by atoms with Crippen molar-refractivity contribution in [3.8, 4) is 0 Å². The van der Waals surface area contributed by atoms with Gasteiger partial charge in [-0.05, 0) is 35.8 Å². The summed E-state index contributed by atoms with van der Waals surface area (Å²) in [5.74, 6) is -0.00750. The first-order valence-corrected chi connectivity index (χ1v) is 7.62. The van der Waals surface area contributed by atoms with Crippen molar-refractivity contribution in [1.29, 1.82) is 0 Å². The van der Waals surface area contributed by atoms with Gasteiger partial charge in [0.2, 0.25) is 5.95 Å². The SMILES string of the molecule is CC(C)(c1nccs1)n1c(N)nc2cc(F)c(Br)cc21. The molecular weight excluding hydrogens is 343 g/mol. The van der Waals surface area contributed by atoms with E-state index >= 15 is 0 Å². The van der Waals surface area contributed by atoms with Crippen LogP contribution in [0.25, 0.3) is 11.0 Å². The van der Waals surface area contributed by atoms with E-state index in [4.69, 9.17) is 5.73 Å². The topological polar surface area (TPSA) is 56.7 Å². The van der Waals surface area contributed by atoms with Crippen molar-refractivity contribution in [3.05, 3.63) is 39.0 Å². The molecule has 1 aromatic carbocycles. The smallest absolute Gasteiger partial charge is 0.202 e. The van der Waals surface area contributed by atoms with Gasteiger partial charge in [-0.1, -0.05) is 0 Å². The molecule has 20 heavy (non-hydrogen) atoms. The zero-order chi connectivity index (χ0) is 14.5. The minimum atomic E-state index is -0.454. The molecule has 104 valence electrons. The number of benzene rings is 1. The molecule has 3 aromatic rings. The molecule has 0 saturated carbocycles. The van der Waals surface area contributed by atoms with Crippen LogP contribution in [0.3, 0.4) is 0 Å². The Balaban J connectivity index is 2.31. The lowest BCUT2D eigenvalue weighted by Crippen LogP contribution is -2.28. The summed E-state index contributed by atoms with van der Waals surface area (Å²) in [5, 5.41) is 2.84. The van der Waals surface area contributed by atoms with E-state index in [1.807, 2.05) is 23.8 Å². The number of hydrogen-bond donors (Lipinski definition) is 1. The second kappa shape index (κ2) is 4.53. The molecule has 3 rings (SSSR count). The van der Waals surface area contributed by atoms with Gasteiger partial charge in [-0.25, -0.2) is 14.4 Å². The Morgan fingerprint density at radius 1 is 1.40 bits per heavy atom. The fourth-order valence-corrected chi connectivity index (χ4v) is 3.38. The number of nitrogen functional groups attached to an aromatic ring is 1. The molecule has 0 unspecified atom stereocenters. The quantitative estimate of drug-likeness (QED) is 0.762. The van der Waals surface area contributed by atoms with E-state index in [9.17, 15) is 4.39 Å². The Hall–Kier alpha value is -1.47. The van der Waals surface area contributed by atoms with Crippen molar-refractivity contribution in [2.24, 2.45) is 0 Å². The number of rotatable bonds is 2. The molecule has 0 aliphatic heterocycles. The summed E-state index contributed by atoms with van der Waals surface area (Å²) in [7, 11) is 0. The Morgan fingerprint density at radius 2 is 2.15 bits per heavy atom. The predicted molar refractivity (Wildman–Crippen MR) is 82.3 cm³/mol. The Morgan fingerprint density at radius 3 is 2.80 bits per heavy atom. The zero-order valence-electron chi connectivity index (χ0n) is 10.9. The van der Waals surface area contributed by atoms with Crippen LogP contribution >= 0.6 is 27.3 Å². The Bertz CT molecular complexity index is 779. The summed E-state index contributed by atoms with van der Waals surface area (Å²) in [4.78, 5) is 8.61. The molecule has 0 spiro atoms. The first-order chi connectivity index (χ1) is 9.41. The van der Waals surface area contributed by atoms with E-state index in [2.05, 4.69) is 25.9 Å². The second-order valence-corrected chi connectivity index (χ2v) is 6.71. The van der Waals surface area contributed by atoms with Gasteiger partial charge in [-0.2, -0.15) is 0 Å². The Labute approximate surface area is 127 Å². The highest BCUT2D eigenvalue weighted by Gasteiger charge is 2.30. The first kappa shape index (κ1) is 13.5. The minimum absolute atomic E-state index is 0.345. The highest BCUT2D eigenvalue weighted by atomic mass is 79.9. The number of thiazole rings is 1. The van der Waals surface area contributed by atoms with Crippen LogP contribution in [0.2, 0.25) is 0 Å². The molecule has 0 amide bonds. The van der Waals surface area contributed by atoms with Crippen molar-refractivity contribution in [2.75, 3.05) is 5.73 Å². The summed E-state index contributed by atoms with van der Waals surface area (Å²) < 4.78 is 15.9. The second-order valence-electron chi connectivity index (χ2n) is 4.96. The van der Waals surface area contributed by atoms with Gasteiger partial charge in [0.05, 0.1) is 21.0 Å². The van der Waals surface area contributed by atoms with Gasteiger partial charge in [0.1, 0.15) is 10.8 Å². The maximum Gasteiger partial charge on any atom is 0.202 e. The van der Waals surface area contributed by atoms with Crippen LogP contribution < -0.4 is 5.73 Å². The van der Waals surface area contributed by atoms with Crippen molar-refractivity contribution >= 4 is 44.2 Å². The van der Waals surface area contributed by atoms with Gasteiger partial charge in [0, 0.05) is 17.6 Å². The number of hydrogen-bond acceptors (Lipinski definition) is 4. The summed E-state index contributed by atoms with van der Waals surface area (Å²) >= 11 is 4.76. The average Bonchev–Trinajstić information content (AvgIpc) is 2.97. The van der Waals surface area contributed by atoms with Crippen LogP contribution in [0.4, 0.5) is 10.3 Å². The molecule has 0 aliphatic carbocycles. The van der Waals surface area contributed by atoms with E-state index in [0.717, 1.165) is 10.5 Å². The predicted octanol–water partition coefficient (Wildman–Crippen LogP) is 3.76. The van der Waals surface area contributed by atoms with Crippen molar-refractivity contribution in [3.63, 3.8) is 0 Å². The largest absolute Gasteiger partial charge is 0.369 e. The van der Waals surface area contributed by atoms with E-state index in [-0.39, 0.29) is 5.82 Å². The number of nitrogens with two attached hydrogens (primary N) is 1. The number of aromatic nitrogens is 3. The molecule has 0 atom stereocenters. The number of halogens is 2. The summed E-state index contributed by atoms with van der Waals surface area (Å²) in [5.41, 5.74) is 6.89. The highest BCUT2D eigenvalue weighted by molar-refractivity contribution is 9.10. The molecule has 0 bridgehead atoms. The van der Waals surface area contributed by atoms with Crippen molar-refractivity contribution in [2.45, 2.75) is 19.4 Å². The molecule has 0 fully saturated rings. The molecule has 7 heteroatoms. The summed E-state index contributed by atoms with van der Waals surface area (Å²) in [6, 6.07) is 3.08. The maximum atomic E-state index is 13.6. The van der Waals surface area contributed by atoms with Gasteiger partial charge in [0.15, 0.2) is 0 Å². The minimum Gasteiger partial charge on any atom is -0.369 e. The molecular formula is C13H12BrFN4S.